The Hall–Kier alpha value is -0.380. The third kappa shape index (κ3) is 7.62. The van der Waals surface area contributed by atoms with Crippen LogP contribution in [-0.4, -0.2) is 37.9 Å². The highest BCUT2D eigenvalue weighted by molar-refractivity contribution is 4.60. The Morgan fingerprint density at radius 2 is 1.50 bits per heavy atom. The van der Waals surface area contributed by atoms with Gasteiger partial charge < -0.3 is 15.7 Å². The lowest BCUT2D eigenvalue weighted by Gasteiger charge is -2.11. The first-order chi connectivity index (χ1) is 4.91. The Bertz CT molecular complexity index is 60.5. The number of piperazine rings is 1. The number of nitrogens with one attached hydrogen (secondary N) is 2. The van der Waals surface area contributed by atoms with Gasteiger partial charge in [0.1, 0.15) is 0 Å². The summed E-state index contributed by atoms with van der Waals surface area (Å²) >= 11 is 0. The van der Waals surface area contributed by atoms with Crippen LogP contribution in [0.3, 0.4) is 0 Å². The van der Waals surface area contributed by atoms with E-state index >= 15 is 0 Å². The molecule has 0 unspecified atom stereocenters. The number of hydrogen-bond acceptors (Lipinski definition) is 3. The largest absolute Gasteiger partial charge is 0.392 e. The molecule has 1 aliphatic heterocycles. The standard InChI is InChI=1S/C4H10N2.C3H6O/c1-2-6-4-3-5-1;1-2-3-4/h5-6H,1-4H2;2,4H,1,3H2. The van der Waals surface area contributed by atoms with E-state index < -0.39 is 0 Å². The summed E-state index contributed by atoms with van der Waals surface area (Å²) in [6, 6.07) is 0. The molecule has 0 spiro atoms. The van der Waals surface area contributed by atoms with Crippen molar-refractivity contribution in [2.45, 2.75) is 0 Å². The molecule has 0 aromatic carbocycles. The summed E-state index contributed by atoms with van der Waals surface area (Å²) in [6.45, 7) is 7.87. The average Bonchev–Trinajstić information content (AvgIpc) is 2.08. The summed E-state index contributed by atoms with van der Waals surface area (Å²) in [7, 11) is 0. The maximum absolute atomic E-state index is 7.76. The van der Waals surface area contributed by atoms with Gasteiger partial charge in [-0.15, -0.1) is 6.58 Å². The molecule has 0 aromatic heterocycles. The fourth-order valence-corrected chi connectivity index (χ4v) is 0.604. The van der Waals surface area contributed by atoms with Crippen LogP contribution >= 0.6 is 0 Å². The van der Waals surface area contributed by atoms with E-state index in [1.807, 2.05) is 0 Å². The van der Waals surface area contributed by atoms with Crippen molar-refractivity contribution in [2.75, 3.05) is 32.8 Å². The normalized spacial score (nSPS) is 16.9. The third-order valence-electron chi connectivity index (χ3n) is 1.09. The van der Waals surface area contributed by atoms with Crippen LogP contribution in [0.4, 0.5) is 0 Å². The fraction of sp³-hybridized carbons (Fsp3) is 0.714. The van der Waals surface area contributed by atoms with Crippen molar-refractivity contribution in [2.24, 2.45) is 0 Å². The van der Waals surface area contributed by atoms with Gasteiger partial charge in [-0.05, 0) is 0 Å². The molecule has 10 heavy (non-hydrogen) atoms. The molecule has 3 N–H and O–H groups in total. The van der Waals surface area contributed by atoms with E-state index in [9.17, 15) is 0 Å². The molecular formula is C7H16N2O. The van der Waals surface area contributed by atoms with Crippen LogP contribution in [0.2, 0.25) is 0 Å². The smallest absolute Gasteiger partial charge is 0.0609 e. The number of rotatable bonds is 1. The average molecular weight is 144 g/mol. The summed E-state index contributed by atoms with van der Waals surface area (Å²) in [5.74, 6) is 0. The third-order valence-corrected chi connectivity index (χ3v) is 1.09. The minimum absolute atomic E-state index is 0.0833. The first-order valence-electron chi connectivity index (χ1n) is 3.55. The Kier molecular flexibility index (Phi) is 8.29. The van der Waals surface area contributed by atoms with Crippen molar-refractivity contribution >= 4 is 0 Å². The molecule has 0 atom stereocenters. The zero-order chi connectivity index (χ0) is 7.66. The second kappa shape index (κ2) is 8.62. The van der Waals surface area contributed by atoms with Crippen molar-refractivity contribution in [3.05, 3.63) is 12.7 Å². The maximum Gasteiger partial charge on any atom is 0.0609 e. The van der Waals surface area contributed by atoms with E-state index in [0.717, 1.165) is 26.2 Å². The fourth-order valence-electron chi connectivity index (χ4n) is 0.604. The van der Waals surface area contributed by atoms with Gasteiger partial charge >= 0.3 is 0 Å². The van der Waals surface area contributed by atoms with Crippen molar-refractivity contribution in [3.8, 4) is 0 Å². The highest BCUT2D eigenvalue weighted by Gasteiger charge is 1.91. The topological polar surface area (TPSA) is 44.3 Å². The van der Waals surface area contributed by atoms with E-state index in [1.54, 1.807) is 0 Å². The van der Waals surface area contributed by atoms with Gasteiger partial charge in [0.05, 0.1) is 6.61 Å². The van der Waals surface area contributed by atoms with Crippen molar-refractivity contribution in [1.82, 2.24) is 10.6 Å². The Labute approximate surface area is 62.1 Å². The monoisotopic (exact) mass is 144 g/mol. The lowest BCUT2D eigenvalue weighted by atomic mass is 10.4. The number of hydrogen-bond donors (Lipinski definition) is 3. The molecule has 0 radical (unpaired) electrons. The van der Waals surface area contributed by atoms with E-state index in [-0.39, 0.29) is 6.61 Å². The molecule has 1 saturated heterocycles. The molecular weight excluding hydrogens is 128 g/mol. The molecule has 0 bridgehead atoms. The summed E-state index contributed by atoms with van der Waals surface area (Å²) in [5, 5.41) is 14.2. The molecule has 0 saturated carbocycles. The Morgan fingerprint density at radius 1 is 1.20 bits per heavy atom. The van der Waals surface area contributed by atoms with E-state index in [2.05, 4.69) is 17.2 Å². The van der Waals surface area contributed by atoms with Crippen LogP contribution in [0, 0.1) is 0 Å². The van der Waals surface area contributed by atoms with E-state index in [0.29, 0.717) is 0 Å². The molecule has 1 aliphatic rings. The van der Waals surface area contributed by atoms with Crippen LogP contribution in [0.25, 0.3) is 0 Å². The quantitative estimate of drug-likeness (QED) is 0.428. The zero-order valence-corrected chi connectivity index (χ0v) is 6.27. The molecule has 60 valence electrons. The van der Waals surface area contributed by atoms with Crippen molar-refractivity contribution < 1.29 is 5.11 Å². The Morgan fingerprint density at radius 3 is 1.60 bits per heavy atom. The van der Waals surface area contributed by atoms with Gasteiger partial charge in [-0.3, -0.25) is 0 Å². The predicted molar refractivity (Wildman–Crippen MR) is 43.0 cm³/mol. The van der Waals surface area contributed by atoms with Gasteiger partial charge in [0.2, 0.25) is 0 Å². The minimum atomic E-state index is 0.0833. The van der Waals surface area contributed by atoms with E-state index in [4.69, 9.17) is 5.11 Å². The van der Waals surface area contributed by atoms with E-state index in [1.165, 1.54) is 6.08 Å². The zero-order valence-electron chi connectivity index (χ0n) is 6.27. The van der Waals surface area contributed by atoms with Gasteiger partial charge in [0, 0.05) is 26.2 Å². The molecule has 1 rings (SSSR count). The number of aliphatic hydroxyl groups excluding tert-OH is 1. The van der Waals surface area contributed by atoms with Crippen LogP contribution in [0.1, 0.15) is 0 Å². The number of aliphatic hydroxyl groups is 1. The lowest BCUT2D eigenvalue weighted by molar-refractivity contribution is 0.343. The first kappa shape index (κ1) is 9.62. The summed E-state index contributed by atoms with van der Waals surface area (Å²) in [5.41, 5.74) is 0. The second-order valence-corrected chi connectivity index (χ2v) is 1.97. The first-order valence-corrected chi connectivity index (χ1v) is 3.55. The van der Waals surface area contributed by atoms with Gasteiger partial charge in [-0.25, -0.2) is 0 Å². The summed E-state index contributed by atoms with van der Waals surface area (Å²) in [6.07, 6.45) is 1.43. The van der Waals surface area contributed by atoms with Gasteiger partial charge in [0.15, 0.2) is 0 Å². The maximum atomic E-state index is 7.76. The predicted octanol–water partition coefficient (Wildman–Crippen LogP) is -0.656. The molecule has 0 aromatic rings. The van der Waals surface area contributed by atoms with Crippen LogP contribution in [-0.2, 0) is 0 Å². The molecule has 3 heteroatoms. The molecule has 0 aliphatic carbocycles. The van der Waals surface area contributed by atoms with Gasteiger partial charge in [-0.1, -0.05) is 6.08 Å². The lowest BCUT2D eigenvalue weighted by Crippen LogP contribution is -2.39. The van der Waals surface area contributed by atoms with Crippen molar-refractivity contribution in [3.63, 3.8) is 0 Å². The summed E-state index contributed by atoms with van der Waals surface area (Å²) < 4.78 is 0. The van der Waals surface area contributed by atoms with Crippen LogP contribution < -0.4 is 10.6 Å². The molecule has 0 amide bonds. The van der Waals surface area contributed by atoms with Crippen LogP contribution in [0.5, 0.6) is 0 Å². The van der Waals surface area contributed by atoms with Crippen LogP contribution in [0.15, 0.2) is 12.7 Å². The van der Waals surface area contributed by atoms with Gasteiger partial charge in [0.25, 0.3) is 0 Å². The molecule has 1 fully saturated rings. The Balaban J connectivity index is 0.000000180. The minimum Gasteiger partial charge on any atom is -0.392 e. The molecule has 1 heterocycles. The van der Waals surface area contributed by atoms with Crippen molar-refractivity contribution in [1.29, 1.82) is 0 Å². The summed E-state index contributed by atoms with van der Waals surface area (Å²) in [4.78, 5) is 0. The SMILES string of the molecule is C1CNCCN1.C=CCO. The highest BCUT2D eigenvalue weighted by atomic mass is 16.2. The highest BCUT2D eigenvalue weighted by Crippen LogP contribution is 1.65. The second-order valence-electron chi connectivity index (χ2n) is 1.97. The molecule has 3 nitrogen and oxygen atoms in total. The van der Waals surface area contributed by atoms with Gasteiger partial charge in [-0.2, -0.15) is 0 Å².